The molecule has 2 aliphatic rings. The Kier molecular flexibility index (Phi) is 6.63. The average Bonchev–Trinajstić information content (AvgIpc) is 3.13. The summed E-state index contributed by atoms with van der Waals surface area (Å²) in [6.07, 6.45) is 3.83. The maximum absolute atomic E-state index is 4.49. The van der Waals surface area contributed by atoms with Crippen LogP contribution in [0.1, 0.15) is 16.7 Å². The van der Waals surface area contributed by atoms with E-state index >= 15 is 0 Å². The second-order valence-corrected chi connectivity index (χ2v) is 17.1. The molecule has 0 saturated carbocycles. The number of fused-ring (bicyclic) bond motifs is 4. The van der Waals surface area contributed by atoms with E-state index in [0.717, 1.165) is 5.56 Å². The van der Waals surface area contributed by atoms with E-state index in [2.05, 4.69) is 170 Å². The highest BCUT2D eigenvalue weighted by atomic mass is 28.3. The fraction of sp³-hybridized carbons (Fsp3) is 0.0682. The topological polar surface area (TPSA) is 16.1 Å². The summed E-state index contributed by atoms with van der Waals surface area (Å²) in [7, 11) is -2.80. The van der Waals surface area contributed by atoms with Gasteiger partial charge in [0.25, 0.3) is 0 Å². The van der Waals surface area contributed by atoms with Gasteiger partial charge in [-0.3, -0.25) is 4.98 Å². The lowest BCUT2D eigenvalue weighted by Crippen LogP contribution is -2.78. The van der Waals surface area contributed by atoms with E-state index in [1.54, 1.807) is 0 Å². The van der Waals surface area contributed by atoms with Crippen molar-refractivity contribution in [2.75, 3.05) is 4.90 Å². The van der Waals surface area contributed by atoms with Gasteiger partial charge in [0.1, 0.15) is 0 Å². The van der Waals surface area contributed by atoms with Crippen LogP contribution in [-0.2, 0) is 0 Å². The molecule has 7 aromatic rings. The van der Waals surface area contributed by atoms with Crippen molar-refractivity contribution < 1.29 is 0 Å². The molecule has 6 aromatic carbocycles. The summed E-state index contributed by atoms with van der Waals surface area (Å²) in [6.45, 7) is 6.92. The van der Waals surface area contributed by atoms with Gasteiger partial charge >= 0.3 is 0 Å². The van der Waals surface area contributed by atoms with Gasteiger partial charge in [-0.15, -0.1) is 0 Å². The molecule has 0 bridgehead atoms. The Morgan fingerprint density at radius 1 is 0.542 bits per heavy atom. The van der Waals surface area contributed by atoms with E-state index in [0.29, 0.717) is 0 Å². The summed E-state index contributed by atoms with van der Waals surface area (Å²) in [4.78, 5) is 7.09. The number of hydrogen-bond donors (Lipinski definition) is 0. The van der Waals surface area contributed by atoms with Crippen LogP contribution in [0.25, 0.3) is 11.1 Å². The lowest BCUT2D eigenvalue weighted by atomic mass is 9.34. The number of benzene rings is 6. The zero-order valence-corrected chi connectivity index (χ0v) is 28.5. The van der Waals surface area contributed by atoms with Crippen molar-refractivity contribution in [1.29, 1.82) is 0 Å². The molecule has 3 heterocycles. The largest absolute Gasteiger partial charge is 0.312 e. The van der Waals surface area contributed by atoms with Crippen LogP contribution in [0.3, 0.4) is 0 Å². The molecule has 9 rings (SSSR count). The van der Waals surface area contributed by atoms with Crippen LogP contribution < -0.4 is 42.0 Å². The van der Waals surface area contributed by atoms with E-state index in [1.165, 1.54) is 76.5 Å². The predicted molar refractivity (Wildman–Crippen MR) is 207 cm³/mol. The first kappa shape index (κ1) is 28.7. The zero-order chi connectivity index (χ0) is 32.4. The Labute approximate surface area is 284 Å². The highest BCUT2D eigenvalue weighted by Crippen LogP contribution is 2.41. The summed E-state index contributed by atoms with van der Waals surface area (Å²) in [6, 6.07) is 55.0. The molecule has 2 aliphatic heterocycles. The maximum Gasteiger partial charge on any atom is 0.247 e. The van der Waals surface area contributed by atoms with Crippen molar-refractivity contribution in [2.24, 2.45) is 0 Å². The molecule has 0 fully saturated rings. The van der Waals surface area contributed by atoms with Crippen LogP contribution in [-0.4, -0.2) is 19.8 Å². The first-order chi connectivity index (χ1) is 23.6. The number of anilines is 3. The Bertz CT molecular complexity index is 2270. The number of rotatable bonds is 4. The maximum atomic E-state index is 4.49. The van der Waals surface area contributed by atoms with E-state index in [9.17, 15) is 0 Å². The predicted octanol–water partition coefficient (Wildman–Crippen LogP) is 5.66. The number of pyridine rings is 1. The van der Waals surface area contributed by atoms with Crippen molar-refractivity contribution in [3.8, 4) is 11.1 Å². The van der Waals surface area contributed by atoms with Gasteiger partial charge in [0, 0.05) is 35.0 Å². The monoisotopic (exact) mass is 630 g/mol. The van der Waals surface area contributed by atoms with Crippen LogP contribution in [0, 0.1) is 20.8 Å². The Balaban J connectivity index is 1.46. The highest BCUT2D eigenvalue weighted by molar-refractivity contribution is 7.22. The van der Waals surface area contributed by atoms with Gasteiger partial charge in [-0.25, -0.2) is 0 Å². The Morgan fingerprint density at radius 2 is 1.21 bits per heavy atom. The van der Waals surface area contributed by atoms with Gasteiger partial charge in [0.05, 0.1) is 0 Å². The molecule has 0 N–H and O–H groups in total. The summed E-state index contributed by atoms with van der Waals surface area (Å²) in [5.41, 5.74) is 14.3. The van der Waals surface area contributed by atoms with Gasteiger partial charge in [0.2, 0.25) is 6.71 Å². The molecule has 48 heavy (non-hydrogen) atoms. The Morgan fingerprint density at radius 3 is 1.90 bits per heavy atom. The fourth-order valence-electron chi connectivity index (χ4n) is 8.83. The van der Waals surface area contributed by atoms with Crippen molar-refractivity contribution in [3.63, 3.8) is 0 Å². The molecule has 0 amide bonds. The van der Waals surface area contributed by atoms with Crippen LogP contribution in [0.15, 0.2) is 158 Å². The number of aromatic nitrogens is 1. The van der Waals surface area contributed by atoms with Crippen molar-refractivity contribution in [1.82, 2.24) is 4.98 Å². The van der Waals surface area contributed by atoms with Gasteiger partial charge < -0.3 is 4.90 Å². The lowest BCUT2D eigenvalue weighted by Gasteiger charge is -2.49. The first-order valence-corrected chi connectivity index (χ1v) is 18.8. The minimum atomic E-state index is -2.80. The lowest BCUT2D eigenvalue weighted by molar-refractivity contribution is 1.29. The molecule has 0 radical (unpaired) electrons. The number of para-hydroxylation sites is 2. The van der Waals surface area contributed by atoms with Gasteiger partial charge in [-0.2, -0.15) is 0 Å². The van der Waals surface area contributed by atoms with Crippen molar-refractivity contribution >= 4 is 69.0 Å². The molecular formula is C44H35BN2Si. The van der Waals surface area contributed by atoms with E-state index in [1.807, 2.05) is 18.5 Å². The van der Waals surface area contributed by atoms with E-state index < -0.39 is 8.07 Å². The fourth-order valence-corrected chi connectivity index (χ4v) is 13.9. The molecule has 2 nitrogen and oxygen atoms in total. The average molecular weight is 631 g/mol. The summed E-state index contributed by atoms with van der Waals surface area (Å²) in [5, 5.41) is 5.66. The van der Waals surface area contributed by atoms with Crippen LogP contribution in [0.4, 0.5) is 17.1 Å². The number of hydrogen-bond acceptors (Lipinski definition) is 2. The molecule has 0 spiro atoms. The third-order valence-corrected chi connectivity index (χ3v) is 15.4. The molecule has 0 unspecified atom stereocenters. The molecule has 0 aliphatic carbocycles. The van der Waals surface area contributed by atoms with Gasteiger partial charge in [-0.1, -0.05) is 150 Å². The molecule has 0 saturated heterocycles. The normalized spacial score (nSPS) is 13.8. The van der Waals surface area contributed by atoms with Gasteiger partial charge in [0.15, 0.2) is 8.07 Å². The minimum absolute atomic E-state index is 0.120. The standard InChI is InChI=1S/C44H35BN2Si/c1-30-26-31(2)43(32(3)27-30)45-37-19-10-11-21-39(37)47-40-28-33(34-14-13-25-46-29-34)23-24-41(40)48(35-15-6-4-7-16-35,36-17-8-5-9-18-36)42-22-12-20-38(45)44(42)47/h4-29H,1-3H3. The molecule has 1 aromatic heterocycles. The zero-order valence-electron chi connectivity index (χ0n) is 27.5. The van der Waals surface area contributed by atoms with Crippen LogP contribution >= 0.6 is 0 Å². The summed E-state index contributed by atoms with van der Waals surface area (Å²) >= 11 is 0. The summed E-state index contributed by atoms with van der Waals surface area (Å²) in [5.74, 6) is 0. The highest BCUT2D eigenvalue weighted by Gasteiger charge is 2.52. The molecule has 4 heteroatoms. The quantitative estimate of drug-likeness (QED) is 0.233. The smallest absolute Gasteiger partial charge is 0.247 e. The van der Waals surface area contributed by atoms with Crippen molar-refractivity contribution in [3.05, 3.63) is 175 Å². The molecular weight excluding hydrogens is 595 g/mol. The Hall–Kier alpha value is -5.45. The van der Waals surface area contributed by atoms with Crippen LogP contribution in [0.5, 0.6) is 0 Å². The number of aryl methyl sites for hydroxylation is 3. The SMILES string of the molecule is Cc1cc(C)c(B2c3ccccc3N3c4cc(-c5cccnc5)ccc4[Si](c4ccccc4)(c4ccccc4)c4cccc2c43)c(C)c1. The van der Waals surface area contributed by atoms with E-state index in [-0.39, 0.29) is 6.71 Å². The van der Waals surface area contributed by atoms with Crippen molar-refractivity contribution in [2.45, 2.75) is 20.8 Å². The first-order valence-electron chi connectivity index (χ1n) is 16.8. The second kappa shape index (κ2) is 11.1. The third kappa shape index (κ3) is 4.09. The molecule has 228 valence electrons. The summed E-state index contributed by atoms with van der Waals surface area (Å²) < 4.78 is 0. The van der Waals surface area contributed by atoms with Crippen LogP contribution in [0.2, 0.25) is 0 Å². The third-order valence-electron chi connectivity index (χ3n) is 10.6. The number of nitrogens with zero attached hydrogens (tertiary/aromatic N) is 2. The minimum Gasteiger partial charge on any atom is -0.312 e. The second-order valence-electron chi connectivity index (χ2n) is 13.3. The van der Waals surface area contributed by atoms with E-state index in [4.69, 9.17) is 0 Å². The molecule has 0 atom stereocenters. The van der Waals surface area contributed by atoms with Gasteiger partial charge in [-0.05, 0) is 76.2 Å².